The van der Waals surface area contributed by atoms with Crippen LogP contribution in [-0.4, -0.2) is 4.92 Å². The van der Waals surface area contributed by atoms with E-state index in [0.717, 1.165) is 21.5 Å². The van der Waals surface area contributed by atoms with Crippen molar-refractivity contribution in [1.29, 1.82) is 0 Å². The minimum atomic E-state index is -0.422. The van der Waals surface area contributed by atoms with Gasteiger partial charge in [-0.25, -0.2) is 0 Å². The fourth-order valence-corrected chi connectivity index (χ4v) is 1.96. The number of non-ortho nitro benzene ring substituents is 1. The molecule has 0 N–H and O–H groups in total. The molecular weight excluding hydrogens is 214 g/mol. The Balaban J connectivity index is 2.36. The molecule has 0 aliphatic rings. The van der Waals surface area contributed by atoms with Gasteiger partial charge in [-0.15, -0.1) is 0 Å². The molecule has 3 nitrogen and oxygen atoms in total. The Kier molecular flexibility index (Phi) is 2.05. The quantitative estimate of drug-likeness (QED) is 0.358. The average molecular weight is 222 g/mol. The maximum atomic E-state index is 10.7. The third-order valence-electron chi connectivity index (χ3n) is 2.80. The Labute approximate surface area is 97.4 Å². The van der Waals surface area contributed by atoms with Gasteiger partial charge in [0.1, 0.15) is 0 Å². The van der Waals surface area contributed by atoms with Crippen molar-refractivity contribution >= 4 is 27.2 Å². The molecule has 0 aliphatic carbocycles. The van der Waals surface area contributed by atoms with Crippen LogP contribution >= 0.6 is 0 Å². The summed E-state index contributed by atoms with van der Waals surface area (Å²) in [5.74, 6) is 0. The minimum Gasteiger partial charge on any atom is -0.258 e. The van der Waals surface area contributed by atoms with E-state index in [9.17, 15) is 10.1 Å². The van der Waals surface area contributed by atoms with Gasteiger partial charge in [0.25, 0.3) is 5.69 Å². The van der Waals surface area contributed by atoms with Crippen LogP contribution in [0.5, 0.6) is 0 Å². The number of nitro benzene ring substituents is 1. The fraction of sp³-hybridized carbons (Fsp3) is 0. The molecule has 0 unspecified atom stereocenters. The summed E-state index contributed by atoms with van der Waals surface area (Å²) in [5.41, 5.74) is 0.00720. The molecule has 3 aromatic carbocycles. The number of hydrogen-bond acceptors (Lipinski definition) is 2. The first-order valence-electron chi connectivity index (χ1n) is 5.23. The van der Waals surface area contributed by atoms with Crippen LogP contribution in [0.3, 0.4) is 0 Å². The monoisotopic (exact) mass is 222 g/mol. The zero-order chi connectivity index (χ0) is 11.8. The van der Waals surface area contributed by atoms with Crippen molar-refractivity contribution in [3.05, 3.63) is 64.7 Å². The topological polar surface area (TPSA) is 43.1 Å². The minimum absolute atomic E-state index is 0.00720. The van der Waals surface area contributed by atoms with Crippen LogP contribution in [0.4, 0.5) is 5.69 Å². The van der Waals surface area contributed by atoms with Gasteiger partial charge in [0.2, 0.25) is 0 Å². The summed E-state index contributed by atoms with van der Waals surface area (Å²) >= 11 is 0. The highest BCUT2D eigenvalue weighted by Crippen LogP contribution is 2.25. The van der Waals surface area contributed by atoms with Crippen molar-refractivity contribution in [3.63, 3.8) is 0 Å². The second kappa shape index (κ2) is 3.56. The first-order valence-corrected chi connectivity index (χ1v) is 5.23. The number of hydrogen-bond donors (Lipinski definition) is 0. The molecule has 0 heterocycles. The third kappa shape index (κ3) is 1.61. The highest BCUT2D eigenvalue weighted by Gasteiger charge is 2.07. The van der Waals surface area contributed by atoms with Gasteiger partial charge >= 0.3 is 0 Å². The van der Waals surface area contributed by atoms with E-state index >= 15 is 0 Å². The van der Waals surface area contributed by atoms with Crippen molar-refractivity contribution in [1.82, 2.24) is 0 Å². The van der Waals surface area contributed by atoms with Crippen molar-refractivity contribution < 1.29 is 4.92 Å². The van der Waals surface area contributed by atoms with Gasteiger partial charge in [-0.3, -0.25) is 10.1 Å². The van der Waals surface area contributed by atoms with E-state index in [-0.39, 0.29) is 5.69 Å². The molecule has 0 fully saturated rings. The van der Waals surface area contributed by atoms with E-state index in [2.05, 4.69) is 6.07 Å². The molecule has 0 spiro atoms. The molecule has 3 rings (SSSR count). The molecule has 1 radical (unpaired) electrons. The standard InChI is InChI=1S/C14H8NO2/c16-15(17)14-6-5-12-7-10-3-1-2-4-11(10)8-13(12)9-14/h1-8H. The number of fused-ring (bicyclic) bond motifs is 2. The van der Waals surface area contributed by atoms with E-state index in [4.69, 9.17) is 0 Å². The van der Waals surface area contributed by atoms with Crippen molar-refractivity contribution in [2.24, 2.45) is 0 Å². The third-order valence-corrected chi connectivity index (χ3v) is 2.80. The summed E-state index contributed by atoms with van der Waals surface area (Å²) in [6, 6.07) is 17.9. The summed E-state index contributed by atoms with van der Waals surface area (Å²) in [5, 5.41) is 14.6. The summed E-state index contributed by atoms with van der Waals surface area (Å²) in [6.07, 6.45) is 0. The number of rotatable bonds is 1. The molecule has 0 atom stereocenters. The van der Waals surface area contributed by atoms with E-state index in [1.807, 2.05) is 36.4 Å². The maximum absolute atomic E-state index is 10.7. The second-order valence-electron chi connectivity index (χ2n) is 3.89. The van der Waals surface area contributed by atoms with E-state index in [0.29, 0.717) is 0 Å². The lowest BCUT2D eigenvalue weighted by molar-refractivity contribution is -0.385. The first-order chi connectivity index (χ1) is 8.24. The van der Waals surface area contributed by atoms with Crippen LogP contribution in [0.2, 0.25) is 0 Å². The maximum Gasteiger partial charge on any atom is 0.278 e. The van der Waals surface area contributed by atoms with Crippen LogP contribution in [0, 0.1) is 16.2 Å². The van der Waals surface area contributed by atoms with Crippen LogP contribution in [-0.2, 0) is 0 Å². The van der Waals surface area contributed by atoms with E-state index < -0.39 is 4.92 Å². The molecule has 0 saturated carbocycles. The van der Waals surface area contributed by atoms with Gasteiger partial charge in [-0.2, -0.15) is 0 Å². The largest absolute Gasteiger partial charge is 0.278 e. The Morgan fingerprint density at radius 3 is 2.35 bits per heavy atom. The van der Waals surface area contributed by atoms with Gasteiger partial charge < -0.3 is 0 Å². The molecule has 0 aliphatic heterocycles. The zero-order valence-corrected chi connectivity index (χ0v) is 8.88. The van der Waals surface area contributed by atoms with Gasteiger partial charge in [0.15, 0.2) is 0 Å². The SMILES string of the molecule is O=[N+]([O-])c1[c]c2cc3ccccc3cc2cc1. The lowest BCUT2D eigenvalue weighted by Gasteiger charge is -2.01. The molecule has 81 valence electrons. The van der Waals surface area contributed by atoms with Gasteiger partial charge in [-0.05, 0) is 39.7 Å². The van der Waals surface area contributed by atoms with Crippen molar-refractivity contribution in [3.8, 4) is 0 Å². The Morgan fingerprint density at radius 1 is 0.941 bits per heavy atom. The lowest BCUT2D eigenvalue weighted by atomic mass is 10.0. The van der Waals surface area contributed by atoms with Crippen molar-refractivity contribution in [2.45, 2.75) is 0 Å². The Hall–Kier alpha value is -2.42. The molecule has 3 heteroatoms. The number of benzene rings is 3. The average Bonchev–Trinajstić information content (AvgIpc) is 2.35. The second-order valence-corrected chi connectivity index (χ2v) is 3.89. The fourth-order valence-electron chi connectivity index (χ4n) is 1.96. The molecule has 3 aromatic rings. The van der Waals surface area contributed by atoms with E-state index in [1.54, 1.807) is 6.07 Å². The van der Waals surface area contributed by atoms with Crippen LogP contribution < -0.4 is 0 Å². The Bertz CT molecular complexity index is 734. The van der Waals surface area contributed by atoms with Crippen LogP contribution in [0.1, 0.15) is 0 Å². The van der Waals surface area contributed by atoms with Crippen molar-refractivity contribution in [2.75, 3.05) is 0 Å². The Morgan fingerprint density at radius 2 is 1.65 bits per heavy atom. The summed E-state index contributed by atoms with van der Waals surface area (Å²) < 4.78 is 0. The van der Waals surface area contributed by atoms with Crippen LogP contribution in [0.15, 0.2) is 48.5 Å². The summed E-state index contributed by atoms with van der Waals surface area (Å²) in [4.78, 5) is 10.3. The highest BCUT2D eigenvalue weighted by molar-refractivity contribution is 5.98. The van der Waals surface area contributed by atoms with Gasteiger partial charge in [-0.1, -0.05) is 24.3 Å². The molecule has 0 amide bonds. The predicted octanol–water partition coefficient (Wildman–Crippen LogP) is 3.70. The summed E-state index contributed by atoms with van der Waals surface area (Å²) in [7, 11) is 0. The zero-order valence-electron chi connectivity index (χ0n) is 8.88. The molecule has 0 aromatic heterocycles. The van der Waals surface area contributed by atoms with E-state index in [1.165, 1.54) is 6.07 Å². The molecular formula is C14H8NO2. The van der Waals surface area contributed by atoms with Crippen LogP contribution in [0.25, 0.3) is 21.5 Å². The first kappa shape index (κ1) is 9.78. The molecule has 17 heavy (non-hydrogen) atoms. The number of nitro groups is 1. The highest BCUT2D eigenvalue weighted by atomic mass is 16.6. The smallest absolute Gasteiger partial charge is 0.258 e. The number of nitrogens with zero attached hydrogens (tertiary/aromatic N) is 1. The van der Waals surface area contributed by atoms with Gasteiger partial charge in [0, 0.05) is 6.07 Å². The lowest BCUT2D eigenvalue weighted by Crippen LogP contribution is -1.87. The van der Waals surface area contributed by atoms with Gasteiger partial charge in [0.05, 0.1) is 11.0 Å². The molecule has 0 saturated heterocycles. The normalized spacial score (nSPS) is 10.8. The predicted molar refractivity (Wildman–Crippen MR) is 66.9 cm³/mol. The molecule has 0 bridgehead atoms. The summed E-state index contributed by atoms with van der Waals surface area (Å²) in [6.45, 7) is 0.